The van der Waals surface area contributed by atoms with E-state index in [1.54, 1.807) is 32.6 Å². The molecule has 10 aliphatic heterocycles. The molecule has 3 saturated carbocycles. The van der Waals surface area contributed by atoms with Crippen LogP contribution in [0.2, 0.25) is 0 Å². The Labute approximate surface area is 897 Å². The number of H-pyrrole nitrogens is 2. The highest BCUT2D eigenvalue weighted by Crippen LogP contribution is 2.47. The molecule has 5 aromatic carbocycles. The third-order valence-corrected chi connectivity index (χ3v) is 32.8. The van der Waals surface area contributed by atoms with Crippen LogP contribution >= 0.6 is 43.5 Å². The van der Waals surface area contributed by atoms with Gasteiger partial charge in [0.1, 0.15) is 30.7 Å². The molecule has 0 bridgehead atoms. The van der Waals surface area contributed by atoms with Gasteiger partial charge in [0.05, 0.1) is 70.9 Å². The Bertz CT molecular complexity index is 5900. The number of nitrogens with one attached hydrogen (secondary N) is 3. The van der Waals surface area contributed by atoms with E-state index >= 15 is 0 Å². The van der Waals surface area contributed by atoms with E-state index in [0.717, 1.165) is 255 Å². The first-order valence-electron chi connectivity index (χ1n) is 54.0. The largest absolute Gasteiger partial charge is 0.497 e. The van der Waals surface area contributed by atoms with Crippen LogP contribution in [0.25, 0.3) is 16.3 Å². The van der Waals surface area contributed by atoms with Crippen molar-refractivity contribution in [2.75, 3.05) is 104 Å². The van der Waals surface area contributed by atoms with Crippen molar-refractivity contribution in [1.82, 2.24) is 84.4 Å². The van der Waals surface area contributed by atoms with Gasteiger partial charge in [0.2, 0.25) is 11.8 Å². The highest BCUT2D eigenvalue weighted by molar-refractivity contribution is 9.10. The highest BCUT2D eigenvalue weighted by Gasteiger charge is 2.45. The fourth-order valence-corrected chi connectivity index (χ4v) is 22.3. The molecule has 7 saturated heterocycles. The molecule has 4 atom stereocenters. The average molecular weight is 2170 g/mol. The van der Waals surface area contributed by atoms with Crippen LogP contribution in [0, 0.1) is 16.2 Å². The number of likely N-dealkylation sites (tertiary alicyclic amines) is 2. The van der Waals surface area contributed by atoms with E-state index in [-0.39, 0.29) is 54.5 Å². The van der Waals surface area contributed by atoms with E-state index in [2.05, 4.69) is 210 Å². The smallest absolute Gasteiger partial charge is 0.309 e. The highest BCUT2D eigenvalue weighted by atomic mass is 79.9. The third-order valence-electron chi connectivity index (χ3n) is 31.6. The SMILES string of the molecule is Brc1cn[nH]c1.Brc1cnn(C2CCCCO2)c1.C.C1=C(c2cnn(C3CCCCO3)c2)CCN(Cc2ccccc2)C1.CC1(C(=O)N2CCC(c3cn[nH]c3)CC2)CCC1.CC1(C(=O)N2CCC(c3cnn(C4CCCCO4)c3)CC2)CCC1.CC1(C(=O)O)CCC1.CC1=CCN(Cc2ccccc2)CC1.COc1ccc(CN2C(=O)c3cccc4c(CCl)ccc2c34)cc1.c1nn(C2CCCCO2)cc1C1CCNCC1. The van der Waals surface area contributed by atoms with Gasteiger partial charge >= 0.3 is 5.97 Å². The number of carbonyl (C=O) groups is 4. The van der Waals surface area contributed by atoms with Gasteiger partial charge in [-0.2, -0.15) is 30.6 Å². The Hall–Kier alpha value is -10.3. The maximum Gasteiger partial charge on any atom is 0.309 e. The van der Waals surface area contributed by atoms with Crippen LogP contribution in [0.3, 0.4) is 0 Å². The van der Waals surface area contributed by atoms with Gasteiger partial charge in [-0.15, -0.1) is 11.6 Å². The molecule has 3 aliphatic carbocycles. The number of hydrogen-bond acceptors (Lipinski definition) is 18. The Morgan fingerprint density at radius 3 is 1.36 bits per heavy atom. The molecule has 4 N–H and O–H groups in total. The van der Waals surface area contributed by atoms with Crippen molar-refractivity contribution >= 4 is 89.2 Å². The van der Waals surface area contributed by atoms with Gasteiger partial charge in [-0.1, -0.05) is 149 Å². The zero-order valence-corrected chi connectivity index (χ0v) is 90.7. The molecule has 11 aromatic rings. The van der Waals surface area contributed by atoms with Crippen molar-refractivity contribution in [1.29, 1.82) is 0 Å². The van der Waals surface area contributed by atoms with E-state index in [1.165, 1.54) is 128 Å². The Kier molecular flexibility index (Phi) is 42.1. The maximum atomic E-state index is 12.9. The van der Waals surface area contributed by atoms with Crippen LogP contribution in [0.15, 0.2) is 216 Å². The van der Waals surface area contributed by atoms with Gasteiger partial charge in [0.25, 0.3) is 5.91 Å². The van der Waals surface area contributed by atoms with Crippen LogP contribution in [-0.4, -0.2) is 207 Å². The number of aromatic nitrogens is 12. The van der Waals surface area contributed by atoms with Crippen LogP contribution in [0.1, 0.15) is 319 Å². The van der Waals surface area contributed by atoms with Gasteiger partial charge < -0.3 is 48.8 Å². The van der Waals surface area contributed by atoms with Crippen molar-refractivity contribution < 1.29 is 48.0 Å². The lowest BCUT2D eigenvalue weighted by atomic mass is 9.69. The first-order valence-corrected chi connectivity index (χ1v) is 56.1. The van der Waals surface area contributed by atoms with Crippen molar-refractivity contribution in [3.8, 4) is 5.75 Å². The number of aliphatic carboxylic acids is 1. The van der Waals surface area contributed by atoms with Gasteiger partial charge in [0.15, 0.2) is 0 Å². The second-order valence-electron chi connectivity index (χ2n) is 42.4. The minimum Gasteiger partial charge on any atom is -0.497 e. The van der Waals surface area contributed by atoms with Crippen molar-refractivity contribution in [3.63, 3.8) is 0 Å². The van der Waals surface area contributed by atoms with Crippen LogP contribution in [0.5, 0.6) is 5.75 Å². The summed E-state index contributed by atoms with van der Waals surface area (Å²) in [4.78, 5) is 59.2. The molecule has 4 unspecified atom stereocenters. The first kappa shape index (κ1) is 112. The molecule has 0 radical (unpaired) electrons. The second kappa shape index (κ2) is 55.7. The van der Waals surface area contributed by atoms with Crippen LogP contribution in [0.4, 0.5) is 5.69 Å². The van der Waals surface area contributed by atoms with Crippen molar-refractivity contribution in [2.24, 2.45) is 16.2 Å². The zero-order valence-electron chi connectivity index (χ0n) is 86.8. The van der Waals surface area contributed by atoms with Gasteiger partial charge in [-0.3, -0.25) is 39.2 Å². The summed E-state index contributed by atoms with van der Waals surface area (Å²) in [6.45, 7) is 24.7. The van der Waals surface area contributed by atoms with E-state index in [1.807, 2.05) is 115 Å². The lowest BCUT2D eigenvalue weighted by Crippen LogP contribution is -2.48. The van der Waals surface area contributed by atoms with Crippen molar-refractivity contribution in [2.45, 2.75) is 290 Å². The number of alkyl halides is 1. The number of rotatable bonds is 19. The molecular weight excluding hydrogens is 2010 g/mol. The number of piperidine rings is 3. The summed E-state index contributed by atoms with van der Waals surface area (Å²) < 4.78 is 38.0. The number of aromatic amines is 2. The fraction of sp³-hybridized carbons (Fsp3) is 0.538. The molecule has 3 amide bonds. The first-order chi connectivity index (χ1) is 71.6. The van der Waals surface area contributed by atoms with E-state index in [4.69, 9.17) is 40.4 Å². The van der Waals surface area contributed by atoms with Gasteiger partial charge in [0, 0.05) is 162 Å². The van der Waals surface area contributed by atoms with E-state index < -0.39 is 5.97 Å². The Balaban J connectivity index is 0.000000127. The molecule has 148 heavy (non-hydrogen) atoms. The quantitative estimate of drug-likeness (QED) is 0.0432. The number of ether oxygens (including phenoxy) is 5. The molecule has 28 nitrogen and oxygen atoms in total. The topological polar surface area (TPSA) is 292 Å². The average Bonchev–Trinajstić information content (AvgIpc) is 1.59. The molecule has 796 valence electrons. The number of methoxy groups -OCH3 is 1. The number of carboxylic acid groups (broad SMARTS) is 1. The number of carbonyl (C=O) groups excluding carboxylic acids is 3. The molecule has 31 heteroatoms. The second-order valence-corrected chi connectivity index (χ2v) is 44.5. The predicted octanol–water partition coefficient (Wildman–Crippen LogP) is 24.7. The number of anilines is 1. The molecule has 6 aromatic heterocycles. The van der Waals surface area contributed by atoms with E-state index in [9.17, 15) is 19.2 Å². The summed E-state index contributed by atoms with van der Waals surface area (Å²) in [7, 11) is 1.64. The predicted molar refractivity (Wildman–Crippen MR) is 590 cm³/mol. The summed E-state index contributed by atoms with van der Waals surface area (Å²) in [5, 5.41) is 44.9. The minimum absolute atomic E-state index is 0. The summed E-state index contributed by atoms with van der Waals surface area (Å²) in [5.74, 6) is 3.21. The van der Waals surface area contributed by atoms with Gasteiger partial charge in [-0.05, 0) is 318 Å². The number of carboxylic acids is 1. The van der Waals surface area contributed by atoms with Crippen LogP contribution in [-0.2, 0) is 58.8 Å². The summed E-state index contributed by atoms with van der Waals surface area (Å²) >= 11 is 12.6. The minimum atomic E-state index is -0.635. The third kappa shape index (κ3) is 30.8. The van der Waals surface area contributed by atoms with Gasteiger partial charge in [-0.25, -0.2) is 18.7 Å². The molecule has 16 heterocycles. The standard InChI is InChI=1S/C20H16ClNO2.C20H25N3O.C19H29N3O2.C14H21N3O.C13H21N3O.C13H17N.C8H11BrN2O.C6H10O2.C3H3BrN2.CH4/c1-24-15-8-5-13(6-9-15)12-22-18-10-7-14(11-21)16-3-2-4-17(19(16)18)20(22)23;1-2-6-17(7-3-1)15-22-11-9-18(10-12-22)19-14-21-23(16-19)20-8-4-5-13-24-20;1-19(8-4-9-19)18(23)21-10-6-15(7-11-21)16-13-20-22(14-16)17-5-2-3-12-24-17;1-14(5-2-6-14)13(18)17-7-3-11(4-8-17)12-9-15-16-10-12;1-2-8-17-13(3-1)16-10-12(9-15-16)11-4-6-14-7-5-11;1-12-7-9-14(10-8-12)11-13-5-3-2-4-6-13;9-7-5-10-11(6-7)8-3-1-2-4-12-8;1-6(5(7)8)3-2-4-6;4-3-1-5-6-2-3;/h2-10H,11-12H2,1H3;1-3,6-7,9,14,16,20H,4-5,8,10-13,15H2;13-15,17H,2-12H2,1H3;9-11H,2-8H2,1H3,(H,15,16);9-11,13-14H,1-8H2;2-7H,8-11H2,1H3;5-6,8H,1-4H2;2-4H2,1H3,(H,7,8);1-2H,(H,5,6);1H4. The lowest BCUT2D eigenvalue weighted by Gasteiger charge is -2.43. The summed E-state index contributed by atoms with van der Waals surface area (Å²) in [5.41, 5.74) is 14.4. The van der Waals surface area contributed by atoms with E-state index in [0.29, 0.717) is 42.0 Å². The Morgan fingerprint density at radius 2 is 0.946 bits per heavy atom. The number of amides is 3. The fourth-order valence-electron chi connectivity index (χ4n) is 21.6. The molecule has 10 fully saturated rings. The maximum absolute atomic E-state index is 12.9. The lowest BCUT2D eigenvalue weighted by molar-refractivity contribution is -0.152. The zero-order chi connectivity index (χ0) is 102. The number of benzene rings is 5. The number of hydrogen-bond donors (Lipinski definition) is 4. The molecular formula is C117H157Br2ClN18O10. The molecule has 24 rings (SSSR count). The Morgan fingerprint density at radius 1 is 0.473 bits per heavy atom. The van der Waals surface area contributed by atoms with Crippen LogP contribution < -0.4 is 15.0 Å². The monoisotopic (exact) mass is 2170 g/mol. The number of halogens is 3. The summed E-state index contributed by atoms with van der Waals surface area (Å²) in [6, 6.07) is 39.0. The molecule has 13 aliphatic rings. The number of nitrogens with zero attached hydrogens (tertiary/aromatic N) is 15. The van der Waals surface area contributed by atoms with Crippen molar-refractivity contribution in [3.05, 3.63) is 266 Å². The molecule has 0 spiro atoms. The summed E-state index contributed by atoms with van der Waals surface area (Å²) in [6.07, 6.45) is 61.5. The normalized spacial score (nSPS) is 21.5.